The molecule has 0 heterocycles. The molecule has 1 unspecified atom stereocenters. The van der Waals surface area contributed by atoms with Crippen LogP contribution in [0.4, 0.5) is 5.69 Å². The summed E-state index contributed by atoms with van der Waals surface area (Å²) in [6.45, 7) is 7.80. The highest BCUT2D eigenvalue weighted by atomic mass is 35.5. The molecule has 1 aliphatic carbocycles. The molecule has 1 fully saturated rings. The van der Waals surface area contributed by atoms with Crippen LogP contribution in [0.15, 0.2) is 18.2 Å². The molecule has 0 aromatic heterocycles. The van der Waals surface area contributed by atoms with Gasteiger partial charge < -0.3 is 10.6 Å². The number of benzene rings is 1. The third kappa shape index (κ3) is 4.13. The van der Waals surface area contributed by atoms with Crippen LogP contribution in [0, 0.1) is 5.92 Å². The predicted octanol–water partition coefficient (Wildman–Crippen LogP) is 4.24. The number of hydrogen-bond acceptors (Lipinski definition) is 2. The van der Waals surface area contributed by atoms with E-state index in [4.69, 9.17) is 17.3 Å². The van der Waals surface area contributed by atoms with E-state index in [-0.39, 0.29) is 6.04 Å². The molecule has 0 bridgehead atoms. The summed E-state index contributed by atoms with van der Waals surface area (Å²) in [6, 6.07) is 6.96. The van der Waals surface area contributed by atoms with Crippen molar-refractivity contribution in [1.29, 1.82) is 0 Å². The highest BCUT2D eigenvalue weighted by molar-refractivity contribution is 6.30. The van der Waals surface area contributed by atoms with Crippen LogP contribution < -0.4 is 10.6 Å². The Morgan fingerprint density at radius 2 is 2.05 bits per heavy atom. The molecule has 1 aliphatic rings. The van der Waals surface area contributed by atoms with Gasteiger partial charge >= 0.3 is 0 Å². The highest BCUT2D eigenvalue weighted by Gasteiger charge is 2.27. The molecule has 0 saturated heterocycles. The second-order valence-corrected chi connectivity index (χ2v) is 6.77. The van der Waals surface area contributed by atoms with Crippen molar-refractivity contribution >= 4 is 17.3 Å². The summed E-state index contributed by atoms with van der Waals surface area (Å²) in [5.74, 6) is 0.865. The molecule has 1 aromatic carbocycles. The van der Waals surface area contributed by atoms with Crippen LogP contribution in [-0.2, 0) is 6.42 Å². The van der Waals surface area contributed by atoms with Gasteiger partial charge in [-0.15, -0.1) is 0 Å². The Labute approximate surface area is 128 Å². The fourth-order valence-corrected chi connectivity index (χ4v) is 2.74. The van der Waals surface area contributed by atoms with Gasteiger partial charge in [-0.05, 0) is 63.1 Å². The first-order valence-electron chi connectivity index (χ1n) is 7.81. The Hall–Kier alpha value is -0.730. The van der Waals surface area contributed by atoms with Crippen LogP contribution in [0.25, 0.3) is 0 Å². The van der Waals surface area contributed by atoms with Gasteiger partial charge in [0.1, 0.15) is 0 Å². The van der Waals surface area contributed by atoms with E-state index in [2.05, 4.69) is 37.8 Å². The minimum atomic E-state index is 0.227. The maximum atomic E-state index is 6.23. The normalized spacial score (nSPS) is 16.5. The molecule has 3 heteroatoms. The monoisotopic (exact) mass is 294 g/mol. The summed E-state index contributed by atoms with van der Waals surface area (Å²) in [5, 5.41) is 0.815. The molecule has 2 rings (SSSR count). The number of halogens is 1. The van der Waals surface area contributed by atoms with E-state index in [9.17, 15) is 0 Å². The number of nitrogens with two attached hydrogens (primary N) is 1. The maximum absolute atomic E-state index is 6.23. The van der Waals surface area contributed by atoms with Gasteiger partial charge in [0, 0.05) is 29.3 Å². The summed E-state index contributed by atoms with van der Waals surface area (Å²) in [7, 11) is 0. The first-order chi connectivity index (χ1) is 9.51. The van der Waals surface area contributed by atoms with Gasteiger partial charge in [0.25, 0.3) is 0 Å². The topological polar surface area (TPSA) is 29.3 Å². The first-order valence-corrected chi connectivity index (χ1v) is 8.19. The molecular weight excluding hydrogens is 268 g/mol. The number of hydrogen-bond donors (Lipinski definition) is 1. The molecule has 1 saturated carbocycles. The summed E-state index contributed by atoms with van der Waals surface area (Å²) in [4.78, 5) is 2.50. The van der Waals surface area contributed by atoms with Gasteiger partial charge in [-0.3, -0.25) is 0 Å². The van der Waals surface area contributed by atoms with Crippen molar-refractivity contribution in [2.45, 2.75) is 58.5 Å². The van der Waals surface area contributed by atoms with Gasteiger partial charge in [0.15, 0.2) is 0 Å². The van der Waals surface area contributed by atoms with E-state index in [1.807, 2.05) is 6.07 Å². The Morgan fingerprint density at radius 1 is 1.35 bits per heavy atom. The van der Waals surface area contributed by atoms with Crippen LogP contribution in [0.5, 0.6) is 0 Å². The number of rotatable bonds is 7. The first kappa shape index (κ1) is 15.7. The second kappa shape index (κ2) is 6.82. The van der Waals surface area contributed by atoms with E-state index in [0.717, 1.165) is 30.3 Å². The standard InChI is InChI=1S/C17H27ClN2/c1-4-16(19)9-14-7-8-15(18)10-17(14)20(12(2)3)11-13-5-6-13/h7-8,10,12-13,16H,4-6,9,11,19H2,1-3H3. The van der Waals surface area contributed by atoms with Crippen LogP contribution in [0.2, 0.25) is 5.02 Å². The largest absolute Gasteiger partial charge is 0.369 e. The van der Waals surface area contributed by atoms with Crippen molar-refractivity contribution in [2.75, 3.05) is 11.4 Å². The summed E-state index contributed by atoms with van der Waals surface area (Å²) < 4.78 is 0. The van der Waals surface area contributed by atoms with Crippen LogP contribution >= 0.6 is 11.6 Å². The highest BCUT2D eigenvalue weighted by Crippen LogP contribution is 2.34. The average molecular weight is 295 g/mol. The zero-order chi connectivity index (χ0) is 14.7. The van der Waals surface area contributed by atoms with Gasteiger partial charge in [0.2, 0.25) is 0 Å². The number of nitrogens with zero attached hydrogens (tertiary/aromatic N) is 1. The SMILES string of the molecule is CCC(N)Cc1ccc(Cl)cc1N(CC1CC1)C(C)C. The van der Waals surface area contributed by atoms with Crippen LogP contribution in [-0.4, -0.2) is 18.6 Å². The molecule has 0 radical (unpaired) electrons. The molecule has 112 valence electrons. The van der Waals surface area contributed by atoms with Crippen molar-refractivity contribution in [1.82, 2.24) is 0 Å². The number of anilines is 1. The van der Waals surface area contributed by atoms with Gasteiger partial charge in [-0.2, -0.15) is 0 Å². The molecule has 1 atom stereocenters. The fraction of sp³-hybridized carbons (Fsp3) is 0.647. The zero-order valence-electron chi connectivity index (χ0n) is 12.9. The Bertz CT molecular complexity index is 441. The zero-order valence-corrected chi connectivity index (χ0v) is 13.7. The summed E-state index contributed by atoms with van der Waals surface area (Å²) in [5.41, 5.74) is 8.76. The van der Waals surface area contributed by atoms with Crippen LogP contribution in [0.1, 0.15) is 45.6 Å². The van der Waals surface area contributed by atoms with E-state index in [1.165, 1.54) is 24.1 Å². The van der Waals surface area contributed by atoms with Crippen molar-refractivity contribution in [3.8, 4) is 0 Å². The van der Waals surface area contributed by atoms with Crippen molar-refractivity contribution in [3.05, 3.63) is 28.8 Å². The van der Waals surface area contributed by atoms with Gasteiger partial charge in [-0.1, -0.05) is 24.6 Å². The van der Waals surface area contributed by atoms with Crippen LogP contribution in [0.3, 0.4) is 0 Å². The molecule has 2 N–H and O–H groups in total. The molecule has 0 amide bonds. The minimum Gasteiger partial charge on any atom is -0.369 e. The lowest BCUT2D eigenvalue weighted by Gasteiger charge is -2.32. The molecule has 2 nitrogen and oxygen atoms in total. The van der Waals surface area contributed by atoms with Crippen molar-refractivity contribution < 1.29 is 0 Å². The third-order valence-corrected chi connectivity index (χ3v) is 4.37. The maximum Gasteiger partial charge on any atom is 0.0426 e. The summed E-state index contributed by atoms with van der Waals surface area (Å²) >= 11 is 6.23. The average Bonchev–Trinajstić information content (AvgIpc) is 3.21. The fourth-order valence-electron chi connectivity index (χ4n) is 2.57. The van der Waals surface area contributed by atoms with Gasteiger partial charge in [0.05, 0.1) is 0 Å². The lowest BCUT2D eigenvalue weighted by Crippen LogP contribution is -2.34. The Balaban J connectivity index is 2.27. The lowest BCUT2D eigenvalue weighted by molar-refractivity contribution is 0.623. The Morgan fingerprint density at radius 3 is 2.60 bits per heavy atom. The van der Waals surface area contributed by atoms with Crippen molar-refractivity contribution in [2.24, 2.45) is 11.7 Å². The van der Waals surface area contributed by atoms with Gasteiger partial charge in [-0.25, -0.2) is 0 Å². The van der Waals surface area contributed by atoms with E-state index in [1.54, 1.807) is 0 Å². The molecule has 1 aromatic rings. The Kier molecular flexibility index (Phi) is 5.34. The molecular formula is C17H27ClN2. The molecule has 0 aliphatic heterocycles. The van der Waals surface area contributed by atoms with E-state index in [0.29, 0.717) is 6.04 Å². The quantitative estimate of drug-likeness (QED) is 0.815. The third-order valence-electron chi connectivity index (χ3n) is 4.14. The van der Waals surface area contributed by atoms with Crippen molar-refractivity contribution in [3.63, 3.8) is 0 Å². The smallest absolute Gasteiger partial charge is 0.0426 e. The molecule has 20 heavy (non-hydrogen) atoms. The lowest BCUT2D eigenvalue weighted by atomic mass is 10.0. The van der Waals surface area contributed by atoms with E-state index >= 15 is 0 Å². The minimum absolute atomic E-state index is 0.227. The molecule has 0 spiro atoms. The second-order valence-electron chi connectivity index (χ2n) is 6.33. The summed E-state index contributed by atoms with van der Waals surface area (Å²) in [6.07, 6.45) is 4.67. The predicted molar refractivity (Wildman–Crippen MR) is 88.6 cm³/mol. The van der Waals surface area contributed by atoms with E-state index < -0.39 is 0 Å².